The summed E-state index contributed by atoms with van der Waals surface area (Å²) >= 11 is 0. The molecule has 5 heteroatoms. The summed E-state index contributed by atoms with van der Waals surface area (Å²) in [4.78, 5) is 15.8. The number of para-hydroxylation sites is 1. The molecule has 0 aliphatic carbocycles. The lowest BCUT2D eigenvalue weighted by molar-refractivity contribution is 0.0958. The number of anilines is 1. The van der Waals surface area contributed by atoms with Crippen molar-refractivity contribution in [1.82, 2.24) is 10.3 Å². The van der Waals surface area contributed by atoms with Crippen molar-refractivity contribution >= 4 is 22.5 Å². The summed E-state index contributed by atoms with van der Waals surface area (Å²) in [5.41, 5.74) is 1.40. The van der Waals surface area contributed by atoms with Gasteiger partial charge in [0.2, 0.25) is 0 Å². The van der Waals surface area contributed by atoms with Gasteiger partial charge in [0.15, 0.2) is 0 Å². The Labute approximate surface area is 96.8 Å². The van der Waals surface area contributed by atoms with Crippen molar-refractivity contribution in [3.8, 4) is 0 Å². The third-order valence-corrected chi connectivity index (χ3v) is 2.81. The zero-order valence-corrected chi connectivity index (χ0v) is 8.96. The summed E-state index contributed by atoms with van der Waals surface area (Å²) < 4.78 is 13.6. The maximum absolute atomic E-state index is 13.6. The van der Waals surface area contributed by atoms with E-state index in [4.69, 9.17) is 0 Å². The van der Waals surface area contributed by atoms with Crippen LogP contribution in [-0.4, -0.2) is 24.0 Å². The minimum atomic E-state index is -0.378. The number of benzene rings is 1. The minimum Gasteiger partial charge on any atom is -0.382 e. The van der Waals surface area contributed by atoms with E-state index in [9.17, 15) is 9.18 Å². The van der Waals surface area contributed by atoms with Crippen LogP contribution in [-0.2, 0) is 0 Å². The molecule has 1 amide bonds. The van der Waals surface area contributed by atoms with Crippen molar-refractivity contribution in [2.24, 2.45) is 0 Å². The SMILES string of the molecule is O=C1NCCNc2c1cnc1c(F)cccc21. The van der Waals surface area contributed by atoms with Crippen LogP contribution >= 0.6 is 0 Å². The average Bonchev–Trinajstić information content (AvgIpc) is 2.52. The Kier molecular flexibility index (Phi) is 2.18. The van der Waals surface area contributed by atoms with Crippen molar-refractivity contribution < 1.29 is 9.18 Å². The number of nitrogens with zero attached hydrogens (tertiary/aromatic N) is 1. The Morgan fingerprint density at radius 2 is 2.06 bits per heavy atom. The van der Waals surface area contributed by atoms with Gasteiger partial charge in [-0.3, -0.25) is 9.78 Å². The lowest BCUT2D eigenvalue weighted by atomic mass is 10.1. The Bertz CT molecular complexity index is 612. The van der Waals surface area contributed by atoms with Gasteiger partial charge in [0.05, 0.1) is 11.3 Å². The number of nitrogens with one attached hydrogen (secondary N) is 2. The molecule has 1 aromatic carbocycles. The molecule has 1 aliphatic heterocycles. The van der Waals surface area contributed by atoms with Gasteiger partial charge in [-0.2, -0.15) is 0 Å². The fourth-order valence-corrected chi connectivity index (χ4v) is 2.01. The average molecular weight is 231 g/mol. The van der Waals surface area contributed by atoms with Crippen molar-refractivity contribution in [1.29, 1.82) is 0 Å². The summed E-state index contributed by atoms with van der Waals surface area (Å²) in [6.07, 6.45) is 1.41. The van der Waals surface area contributed by atoms with E-state index in [0.29, 0.717) is 29.7 Å². The predicted octanol–water partition coefficient (Wildman–Crippen LogP) is 1.53. The highest BCUT2D eigenvalue weighted by Gasteiger charge is 2.18. The zero-order valence-electron chi connectivity index (χ0n) is 8.96. The van der Waals surface area contributed by atoms with Gasteiger partial charge in [-0.25, -0.2) is 4.39 Å². The predicted molar refractivity (Wildman–Crippen MR) is 62.5 cm³/mol. The molecule has 4 nitrogen and oxygen atoms in total. The third-order valence-electron chi connectivity index (χ3n) is 2.81. The Balaban J connectivity index is 2.35. The van der Waals surface area contributed by atoms with Gasteiger partial charge in [-0.05, 0) is 6.07 Å². The van der Waals surface area contributed by atoms with Gasteiger partial charge < -0.3 is 10.6 Å². The Morgan fingerprint density at radius 1 is 1.24 bits per heavy atom. The molecule has 2 N–H and O–H groups in total. The monoisotopic (exact) mass is 231 g/mol. The van der Waals surface area contributed by atoms with Crippen molar-refractivity contribution in [3.63, 3.8) is 0 Å². The molecule has 0 spiro atoms. The fraction of sp³-hybridized carbons (Fsp3) is 0.167. The first-order valence-corrected chi connectivity index (χ1v) is 5.36. The Hall–Kier alpha value is -2.17. The van der Waals surface area contributed by atoms with Crippen LogP contribution in [0.15, 0.2) is 24.4 Å². The van der Waals surface area contributed by atoms with Gasteiger partial charge in [-0.15, -0.1) is 0 Å². The number of fused-ring (bicyclic) bond motifs is 3. The largest absolute Gasteiger partial charge is 0.382 e. The van der Waals surface area contributed by atoms with E-state index in [2.05, 4.69) is 15.6 Å². The Morgan fingerprint density at radius 3 is 2.94 bits per heavy atom. The van der Waals surface area contributed by atoms with Gasteiger partial charge in [0.25, 0.3) is 5.91 Å². The minimum absolute atomic E-state index is 0.177. The first kappa shape index (κ1) is 10.0. The molecule has 0 bridgehead atoms. The molecule has 86 valence electrons. The highest BCUT2D eigenvalue weighted by atomic mass is 19.1. The van der Waals surface area contributed by atoms with E-state index in [1.165, 1.54) is 12.3 Å². The summed E-state index contributed by atoms with van der Waals surface area (Å²) in [6.45, 7) is 1.17. The molecule has 0 atom stereocenters. The van der Waals surface area contributed by atoms with Crippen LogP contribution in [0.4, 0.5) is 10.1 Å². The van der Waals surface area contributed by atoms with E-state index < -0.39 is 0 Å². The quantitative estimate of drug-likeness (QED) is 0.723. The van der Waals surface area contributed by atoms with Crippen LogP contribution in [0, 0.1) is 5.82 Å². The number of carbonyl (C=O) groups is 1. The van der Waals surface area contributed by atoms with Crippen LogP contribution in [0.1, 0.15) is 10.4 Å². The molecular weight excluding hydrogens is 221 g/mol. The van der Waals surface area contributed by atoms with Crippen LogP contribution in [0.5, 0.6) is 0 Å². The van der Waals surface area contributed by atoms with Crippen LogP contribution in [0.2, 0.25) is 0 Å². The molecule has 0 saturated heterocycles. The molecule has 0 radical (unpaired) electrons. The molecular formula is C12H10FN3O. The van der Waals surface area contributed by atoms with Crippen molar-refractivity contribution in [3.05, 3.63) is 35.8 Å². The van der Waals surface area contributed by atoms with Crippen LogP contribution in [0.3, 0.4) is 0 Å². The van der Waals surface area contributed by atoms with Crippen LogP contribution < -0.4 is 10.6 Å². The molecule has 1 aliphatic rings. The first-order valence-electron chi connectivity index (χ1n) is 5.36. The molecule has 17 heavy (non-hydrogen) atoms. The molecule has 0 saturated carbocycles. The van der Waals surface area contributed by atoms with Gasteiger partial charge in [0.1, 0.15) is 11.3 Å². The number of hydrogen-bond donors (Lipinski definition) is 2. The molecule has 2 aromatic rings. The van der Waals surface area contributed by atoms with Crippen molar-refractivity contribution in [2.45, 2.75) is 0 Å². The lowest BCUT2D eigenvalue weighted by Gasteiger charge is -2.09. The number of halogens is 1. The van der Waals surface area contributed by atoms with Gasteiger partial charge in [0, 0.05) is 24.7 Å². The molecule has 0 fully saturated rings. The van der Waals surface area contributed by atoms with E-state index in [-0.39, 0.29) is 17.2 Å². The fourth-order valence-electron chi connectivity index (χ4n) is 2.01. The van der Waals surface area contributed by atoms with Gasteiger partial charge in [-0.1, -0.05) is 12.1 Å². The second-order valence-electron chi connectivity index (χ2n) is 3.87. The molecule has 3 rings (SSSR count). The number of amides is 1. The first-order chi connectivity index (χ1) is 8.27. The topological polar surface area (TPSA) is 54.0 Å². The molecule has 2 heterocycles. The van der Waals surface area contributed by atoms with E-state index in [1.54, 1.807) is 12.1 Å². The molecule has 0 unspecified atom stereocenters. The third kappa shape index (κ3) is 1.51. The number of carbonyl (C=O) groups excluding carboxylic acids is 1. The highest BCUT2D eigenvalue weighted by Crippen LogP contribution is 2.27. The zero-order chi connectivity index (χ0) is 11.8. The molecule has 1 aromatic heterocycles. The highest BCUT2D eigenvalue weighted by molar-refractivity contribution is 6.07. The summed E-state index contributed by atoms with van der Waals surface area (Å²) in [5.74, 6) is -0.555. The van der Waals surface area contributed by atoms with Crippen LogP contribution in [0.25, 0.3) is 10.9 Å². The second kappa shape index (κ2) is 3.69. The number of pyridine rings is 1. The summed E-state index contributed by atoms with van der Waals surface area (Å²) in [7, 11) is 0. The number of hydrogen-bond acceptors (Lipinski definition) is 3. The summed E-state index contributed by atoms with van der Waals surface area (Å²) in [6, 6.07) is 4.73. The van der Waals surface area contributed by atoms with E-state index in [1.807, 2.05) is 0 Å². The van der Waals surface area contributed by atoms with Gasteiger partial charge >= 0.3 is 0 Å². The standard InChI is InChI=1S/C12H10FN3O/c13-9-3-1-2-7-10-8(6-16-11(7)9)12(17)15-5-4-14-10/h1-3,6,14H,4-5H2,(H,15,17). The lowest BCUT2D eigenvalue weighted by Crippen LogP contribution is -2.24. The second-order valence-corrected chi connectivity index (χ2v) is 3.87. The maximum atomic E-state index is 13.6. The smallest absolute Gasteiger partial charge is 0.255 e. The number of rotatable bonds is 0. The van der Waals surface area contributed by atoms with Crippen molar-refractivity contribution in [2.75, 3.05) is 18.4 Å². The maximum Gasteiger partial charge on any atom is 0.255 e. The normalized spacial score (nSPS) is 14.8. The van der Waals surface area contributed by atoms with E-state index in [0.717, 1.165) is 0 Å². The number of aromatic nitrogens is 1. The summed E-state index contributed by atoms with van der Waals surface area (Å²) in [5, 5.41) is 6.52. The van der Waals surface area contributed by atoms with E-state index >= 15 is 0 Å².